The molecule has 1 aromatic heterocycles. The van der Waals surface area contributed by atoms with Crippen LogP contribution in [0.2, 0.25) is 0 Å². The highest BCUT2D eigenvalue weighted by Crippen LogP contribution is 2.31. The van der Waals surface area contributed by atoms with Crippen LogP contribution in [0.3, 0.4) is 0 Å². The maximum Gasteiger partial charge on any atom is 0.295 e. The molecule has 0 aliphatic heterocycles. The zero-order chi connectivity index (χ0) is 21.5. The number of hydrogen-bond acceptors (Lipinski definition) is 7. The number of aromatic nitrogens is 1. The van der Waals surface area contributed by atoms with Crippen LogP contribution >= 0.6 is 11.3 Å². The zero-order valence-electron chi connectivity index (χ0n) is 15.3. The van der Waals surface area contributed by atoms with Crippen LogP contribution in [-0.4, -0.2) is 29.5 Å². The number of para-hydroxylation sites is 1. The summed E-state index contributed by atoms with van der Waals surface area (Å²) in [6.45, 7) is 0. The quantitative estimate of drug-likeness (QED) is 0.383. The van der Waals surface area contributed by atoms with Crippen LogP contribution in [0, 0.1) is 0 Å². The van der Waals surface area contributed by atoms with Crippen molar-refractivity contribution in [1.29, 1.82) is 0 Å². The third-order valence-electron chi connectivity index (χ3n) is 4.50. The molecule has 150 valence electrons. The number of nitrogens with two attached hydrogens (primary N) is 1. The molecule has 0 radical (unpaired) electrons. The summed E-state index contributed by atoms with van der Waals surface area (Å²) in [6, 6.07) is 17.9. The minimum Gasteiger partial charge on any atom is -0.375 e. The first-order valence-corrected chi connectivity index (χ1v) is 10.9. The van der Waals surface area contributed by atoms with Crippen molar-refractivity contribution < 1.29 is 22.6 Å². The van der Waals surface area contributed by atoms with Crippen LogP contribution in [0.15, 0.2) is 71.6 Å². The highest BCUT2D eigenvalue weighted by atomic mass is 32.2. The summed E-state index contributed by atoms with van der Waals surface area (Å²) >= 11 is 1.52. The number of nitrogens with zero attached hydrogens (tertiary/aromatic N) is 1. The molecule has 1 aliphatic rings. The van der Waals surface area contributed by atoms with Crippen molar-refractivity contribution in [2.75, 3.05) is 5.73 Å². The first kappa shape index (κ1) is 19.9. The molecule has 0 spiro atoms. The Hall–Kier alpha value is -3.40. The van der Waals surface area contributed by atoms with Gasteiger partial charge in [-0.1, -0.05) is 59.9 Å². The highest BCUT2D eigenvalue weighted by molar-refractivity contribution is 7.86. The average Bonchev–Trinajstić information content (AvgIpc) is 3.11. The topological polar surface area (TPSA) is 127 Å². The SMILES string of the molecule is Nc1nc2ccccc2s1.O=C1c2ccccc2C(=O)c2c1cccc2S(=O)(=O)O. The zero-order valence-corrected chi connectivity index (χ0v) is 16.9. The Morgan fingerprint density at radius 2 is 1.40 bits per heavy atom. The number of thiazole rings is 1. The van der Waals surface area contributed by atoms with E-state index >= 15 is 0 Å². The van der Waals surface area contributed by atoms with Gasteiger partial charge in [0, 0.05) is 16.7 Å². The lowest BCUT2D eigenvalue weighted by atomic mass is 9.84. The molecule has 0 saturated carbocycles. The van der Waals surface area contributed by atoms with Crippen molar-refractivity contribution in [2.45, 2.75) is 4.90 Å². The highest BCUT2D eigenvalue weighted by Gasteiger charge is 2.34. The van der Waals surface area contributed by atoms with Crippen LogP contribution in [0.4, 0.5) is 5.13 Å². The van der Waals surface area contributed by atoms with Gasteiger partial charge in [-0.15, -0.1) is 0 Å². The van der Waals surface area contributed by atoms with Gasteiger partial charge in [0.05, 0.1) is 15.8 Å². The summed E-state index contributed by atoms with van der Waals surface area (Å²) in [4.78, 5) is 28.3. The number of carbonyl (C=O) groups is 2. The van der Waals surface area contributed by atoms with E-state index in [9.17, 15) is 22.6 Å². The van der Waals surface area contributed by atoms with E-state index in [0.717, 1.165) is 16.3 Å². The fraction of sp³-hybridized carbons (Fsp3) is 0. The Labute approximate surface area is 175 Å². The molecule has 30 heavy (non-hydrogen) atoms. The molecular formula is C21H14N2O5S2. The lowest BCUT2D eigenvalue weighted by Crippen LogP contribution is -2.23. The fourth-order valence-electron chi connectivity index (χ4n) is 3.22. The van der Waals surface area contributed by atoms with Crippen LogP contribution < -0.4 is 5.73 Å². The number of hydrogen-bond donors (Lipinski definition) is 2. The first-order chi connectivity index (χ1) is 14.3. The van der Waals surface area contributed by atoms with Gasteiger partial charge < -0.3 is 5.73 Å². The molecule has 3 N–H and O–H groups in total. The molecule has 0 bridgehead atoms. The Kier molecular flexibility index (Phi) is 4.94. The number of anilines is 1. The molecule has 9 heteroatoms. The molecule has 0 amide bonds. The number of benzene rings is 3. The predicted octanol–water partition coefficient (Wildman–Crippen LogP) is 3.59. The summed E-state index contributed by atoms with van der Waals surface area (Å²) in [6.07, 6.45) is 0. The first-order valence-electron chi connectivity index (χ1n) is 8.67. The average molecular weight is 438 g/mol. The normalized spacial score (nSPS) is 12.7. The molecule has 0 atom stereocenters. The number of carbonyl (C=O) groups excluding carboxylic acids is 2. The van der Waals surface area contributed by atoms with Crippen LogP contribution in [0.5, 0.6) is 0 Å². The monoisotopic (exact) mass is 438 g/mol. The van der Waals surface area contributed by atoms with E-state index in [4.69, 9.17) is 5.73 Å². The van der Waals surface area contributed by atoms with Gasteiger partial charge in [-0.3, -0.25) is 14.1 Å². The van der Waals surface area contributed by atoms with E-state index in [2.05, 4.69) is 4.98 Å². The smallest absolute Gasteiger partial charge is 0.295 e. The maximum absolute atomic E-state index is 12.4. The Morgan fingerprint density at radius 3 is 2.07 bits per heavy atom. The van der Waals surface area contributed by atoms with Crippen molar-refractivity contribution in [3.8, 4) is 0 Å². The van der Waals surface area contributed by atoms with Gasteiger partial charge in [0.15, 0.2) is 16.7 Å². The van der Waals surface area contributed by atoms with Gasteiger partial charge in [-0.25, -0.2) is 4.98 Å². The van der Waals surface area contributed by atoms with Crippen LogP contribution in [0.1, 0.15) is 31.8 Å². The fourth-order valence-corrected chi connectivity index (χ4v) is 4.66. The minimum absolute atomic E-state index is 0.0103. The molecule has 0 fully saturated rings. The van der Waals surface area contributed by atoms with Crippen LogP contribution in [0.25, 0.3) is 10.2 Å². The number of fused-ring (bicyclic) bond motifs is 3. The number of ketones is 2. The lowest BCUT2D eigenvalue weighted by Gasteiger charge is -2.18. The van der Waals surface area contributed by atoms with E-state index in [1.165, 1.54) is 35.6 Å². The van der Waals surface area contributed by atoms with E-state index in [-0.39, 0.29) is 22.3 Å². The summed E-state index contributed by atoms with van der Waals surface area (Å²) < 4.78 is 33.1. The second kappa shape index (κ2) is 7.45. The minimum atomic E-state index is -4.58. The van der Waals surface area contributed by atoms with E-state index < -0.39 is 26.6 Å². The molecule has 1 heterocycles. The van der Waals surface area contributed by atoms with E-state index in [1.807, 2.05) is 24.3 Å². The Morgan fingerprint density at radius 1 is 0.800 bits per heavy atom. The molecule has 3 aromatic carbocycles. The standard InChI is InChI=1S/C14H8O5S.C7H6N2S/c15-13-8-4-1-2-5-9(8)14(16)12-10(13)6-3-7-11(12)20(17,18)19;8-7-9-5-3-1-2-4-6(5)10-7/h1-7H,(H,17,18,19);1-4H,(H2,8,9). The largest absolute Gasteiger partial charge is 0.375 e. The second-order valence-corrected chi connectivity index (χ2v) is 8.83. The summed E-state index contributed by atoms with van der Waals surface area (Å²) in [5.41, 5.74) is 6.59. The summed E-state index contributed by atoms with van der Waals surface area (Å²) in [7, 11) is -4.58. The molecule has 1 aliphatic carbocycles. The van der Waals surface area contributed by atoms with Crippen molar-refractivity contribution in [3.63, 3.8) is 0 Å². The Balaban J connectivity index is 0.000000181. The van der Waals surface area contributed by atoms with E-state index in [1.54, 1.807) is 12.1 Å². The van der Waals surface area contributed by atoms with Crippen molar-refractivity contribution in [1.82, 2.24) is 4.98 Å². The van der Waals surface area contributed by atoms with Crippen molar-refractivity contribution >= 4 is 48.4 Å². The van der Waals surface area contributed by atoms with Gasteiger partial charge in [-0.05, 0) is 18.2 Å². The van der Waals surface area contributed by atoms with Gasteiger partial charge in [0.2, 0.25) is 0 Å². The number of nitrogen functional groups attached to an aromatic ring is 1. The molecule has 0 saturated heterocycles. The van der Waals surface area contributed by atoms with Gasteiger partial charge in [0.1, 0.15) is 4.90 Å². The molecule has 7 nitrogen and oxygen atoms in total. The maximum atomic E-state index is 12.4. The summed E-state index contributed by atoms with van der Waals surface area (Å²) in [5, 5.41) is 0.640. The van der Waals surface area contributed by atoms with Crippen molar-refractivity contribution in [3.05, 3.63) is 89.0 Å². The van der Waals surface area contributed by atoms with Crippen molar-refractivity contribution in [2.24, 2.45) is 0 Å². The number of rotatable bonds is 1. The molecule has 0 unspecified atom stereocenters. The molecule has 5 rings (SSSR count). The van der Waals surface area contributed by atoms with Crippen LogP contribution in [-0.2, 0) is 10.1 Å². The third-order valence-corrected chi connectivity index (χ3v) is 6.26. The van der Waals surface area contributed by atoms with Gasteiger partial charge in [0.25, 0.3) is 10.1 Å². The lowest BCUT2D eigenvalue weighted by molar-refractivity contribution is 0.0976. The summed E-state index contributed by atoms with van der Waals surface area (Å²) in [5.74, 6) is -1.01. The third kappa shape index (κ3) is 3.50. The van der Waals surface area contributed by atoms with E-state index in [0.29, 0.717) is 5.13 Å². The second-order valence-electron chi connectivity index (χ2n) is 6.38. The van der Waals surface area contributed by atoms with Gasteiger partial charge in [-0.2, -0.15) is 8.42 Å². The Bertz CT molecular complexity index is 1390. The molecular weight excluding hydrogens is 424 g/mol. The van der Waals surface area contributed by atoms with Gasteiger partial charge >= 0.3 is 0 Å². The predicted molar refractivity (Wildman–Crippen MR) is 114 cm³/mol. The molecule has 4 aromatic rings.